The fourth-order valence-electron chi connectivity index (χ4n) is 4.29. The Morgan fingerprint density at radius 2 is 1.40 bits per heavy atom. The molecule has 0 bridgehead atoms. The van der Waals surface area contributed by atoms with Crippen LogP contribution in [0, 0.1) is 0 Å². The molecule has 8 heteroatoms. The molecule has 0 aromatic heterocycles. The van der Waals surface area contributed by atoms with Crippen molar-refractivity contribution >= 4 is 38.9 Å². The van der Waals surface area contributed by atoms with Gasteiger partial charge in [0, 0.05) is 29.6 Å². The SMILES string of the molecule is O=C(CCS(=O)(=O)CCc1ccccc1)NC1CN(C(c2ccc(Cl)cc2)c2ccc(Cl)cc2)C1. The monoisotopic (exact) mass is 530 g/mol. The molecule has 4 rings (SSSR count). The third-order valence-corrected chi connectivity index (χ3v) is 8.35. The quantitative estimate of drug-likeness (QED) is 0.403. The van der Waals surface area contributed by atoms with Crippen molar-refractivity contribution in [3.05, 3.63) is 106 Å². The Morgan fingerprint density at radius 3 is 1.94 bits per heavy atom. The van der Waals surface area contributed by atoms with Crippen LogP contribution in [0.5, 0.6) is 0 Å². The molecule has 1 fully saturated rings. The summed E-state index contributed by atoms with van der Waals surface area (Å²) in [5.74, 6) is -0.321. The number of benzene rings is 3. The molecule has 184 valence electrons. The lowest BCUT2D eigenvalue weighted by molar-refractivity contribution is -0.122. The molecule has 1 amide bonds. The van der Waals surface area contributed by atoms with Gasteiger partial charge in [0.2, 0.25) is 5.91 Å². The molecule has 0 aliphatic carbocycles. The molecule has 0 radical (unpaired) electrons. The van der Waals surface area contributed by atoms with Gasteiger partial charge in [-0.25, -0.2) is 8.42 Å². The normalized spacial score (nSPS) is 14.6. The number of amides is 1. The number of hydrogen-bond acceptors (Lipinski definition) is 4. The third-order valence-electron chi connectivity index (χ3n) is 6.20. The molecule has 1 aliphatic rings. The highest BCUT2D eigenvalue weighted by Gasteiger charge is 2.35. The van der Waals surface area contributed by atoms with Gasteiger partial charge in [0.15, 0.2) is 9.84 Å². The summed E-state index contributed by atoms with van der Waals surface area (Å²) in [5.41, 5.74) is 3.18. The minimum atomic E-state index is -3.30. The predicted molar refractivity (Wildman–Crippen MR) is 142 cm³/mol. The molecular formula is C27H28Cl2N2O3S. The summed E-state index contributed by atoms with van der Waals surface area (Å²) in [6.07, 6.45) is 0.435. The van der Waals surface area contributed by atoms with E-state index >= 15 is 0 Å². The number of nitrogens with zero attached hydrogens (tertiary/aromatic N) is 1. The number of likely N-dealkylation sites (tertiary alicyclic amines) is 1. The zero-order valence-corrected chi connectivity index (χ0v) is 21.6. The Morgan fingerprint density at radius 1 is 0.857 bits per heavy atom. The van der Waals surface area contributed by atoms with Crippen molar-refractivity contribution < 1.29 is 13.2 Å². The van der Waals surface area contributed by atoms with Crippen molar-refractivity contribution in [2.75, 3.05) is 24.6 Å². The summed E-state index contributed by atoms with van der Waals surface area (Å²) in [6, 6.07) is 25.0. The zero-order chi connectivity index (χ0) is 24.8. The molecule has 0 saturated carbocycles. The van der Waals surface area contributed by atoms with Crippen LogP contribution in [0.2, 0.25) is 10.0 Å². The fourth-order valence-corrected chi connectivity index (χ4v) is 5.79. The molecule has 1 saturated heterocycles. The van der Waals surface area contributed by atoms with Gasteiger partial charge in [0.1, 0.15) is 0 Å². The first-order valence-corrected chi connectivity index (χ1v) is 14.2. The van der Waals surface area contributed by atoms with Crippen LogP contribution in [0.3, 0.4) is 0 Å². The van der Waals surface area contributed by atoms with Crippen molar-refractivity contribution in [3.8, 4) is 0 Å². The molecule has 3 aromatic rings. The van der Waals surface area contributed by atoms with E-state index < -0.39 is 9.84 Å². The Hall–Kier alpha value is -2.38. The van der Waals surface area contributed by atoms with Crippen LogP contribution in [-0.4, -0.2) is 49.9 Å². The molecule has 3 aromatic carbocycles. The molecule has 1 N–H and O–H groups in total. The van der Waals surface area contributed by atoms with Crippen LogP contribution in [-0.2, 0) is 21.1 Å². The standard InChI is InChI=1S/C27H28Cl2N2O3S/c28-23-10-6-21(7-11-23)27(22-8-12-24(29)13-9-22)31-18-25(19-31)30-26(32)15-17-35(33,34)16-14-20-4-2-1-3-5-20/h1-13,25,27H,14-19H2,(H,30,32). The van der Waals surface area contributed by atoms with Crippen molar-refractivity contribution in [1.82, 2.24) is 10.2 Å². The van der Waals surface area contributed by atoms with Crippen molar-refractivity contribution in [1.29, 1.82) is 0 Å². The van der Waals surface area contributed by atoms with Gasteiger partial charge < -0.3 is 5.32 Å². The van der Waals surface area contributed by atoms with Gasteiger partial charge in [-0.05, 0) is 47.4 Å². The molecule has 35 heavy (non-hydrogen) atoms. The minimum absolute atomic E-state index is 0.0102. The van der Waals surface area contributed by atoms with Gasteiger partial charge in [0.05, 0.1) is 23.6 Å². The van der Waals surface area contributed by atoms with Gasteiger partial charge in [-0.2, -0.15) is 0 Å². The second-order valence-electron chi connectivity index (χ2n) is 8.86. The maximum absolute atomic E-state index is 12.4. The van der Waals surface area contributed by atoms with Gasteiger partial charge in [-0.1, -0.05) is 77.8 Å². The van der Waals surface area contributed by atoms with Crippen LogP contribution < -0.4 is 5.32 Å². The first kappa shape index (κ1) is 25.7. The van der Waals surface area contributed by atoms with Gasteiger partial charge >= 0.3 is 0 Å². The highest BCUT2D eigenvalue weighted by atomic mass is 35.5. The highest BCUT2D eigenvalue weighted by molar-refractivity contribution is 7.91. The van der Waals surface area contributed by atoms with E-state index in [1.54, 1.807) is 0 Å². The lowest BCUT2D eigenvalue weighted by atomic mass is 9.93. The largest absolute Gasteiger partial charge is 0.351 e. The third kappa shape index (κ3) is 7.31. The van der Waals surface area contributed by atoms with Crippen LogP contribution >= 0.6 is 23.2 Å². The number of carbonyl (C=O) groups is 1. The van der Waals surface area contributed by atoms with E-state index in [0.29, 0.717) is 29.6 Å². The van der Waals surface area contributed by atoms with Gasteiger partial charge in [-0.3, -0.25) is 9.69 Å². The van der Waals surface area contributed by atoms with Crippen LogP contribution in [0.15, 0.2) is 78.9 Å². The topological polar surface area (TPSA) is 66.5 Å². The maximum atomic E-state index is 12.4. The summed E-state index contributed by atoms with van der Waals surface area (Å²) in [4.78, 5) is 14.7. The Bertz CT molecular complexity index is 1180. The van der Waals surface area contributed by atoms with Crippen molar-refractivity contribution in [2.45, 2.75) is 24.9 Å². The Labute approximate surface area is 217 Å². The summed E-state index contributed by atoms with van der Waals surface area (Å²) in [6.45, 7) is 1.34. The smallest absolute Gasteiger partial charge is 0.221 e. The van der Waals surface area contributed by atoms with E-state index in [4.69, 9.17) is 23.2 Å². The Kier molecular flexibility index (Phi) is 8.50. The van der Waals surface area contributed by atoms with E-state index in [-0.39, 0.29) is 35.9 Å². The first-order chi connectivity index (χ1) is 16.8. The fraction of sp³-hybridized carbons (Fsp3) is 0.296. The van der Waals surface area contributed by atoms with E-state index in [0.717, 1.165) is 16.7 Å². The number of halogens is 2. The second kappa shape index (κ2) is 11.6. The predicted octanol–water partition coefficient (Wildman–Crippen LogP) is 4.93. The molecular weight excluding hydrogens is 503 g/mol. The van der Waals surface area contributed by atoms with E-state index in [1.165, 1.54) is 0 Å². The molecule has 5 nitrogen and oxygen atoms in total. The summed E-state index contributed by atoms with van der Waals surface area (Å²) in [7, 11) is -3.30. The van der Waals surface area contributed by atoms with Gasteiger partial charge in [0.25, 0.3) is 0 Å². The number of sulfone groups is 1. The second-order valence-corrected chi connectivity index (χ2v) is 12.0. The van der Waals surface area contributed by atoms with Crippen molar-refractivity contribution in [2.24, 2.45) is 0 Å². The van der Waals surface area contributed by atoms with Crippen molar-refractivity contribution in [3.63, 3.8) is 0 Å². The molecule has 0 atom stereocenters. The van der Waals surface area contributed by atoms with Gasteiger partial charge in [-0.15, -0.1) is 0 Å². The average Bonchev–Trinajstić information content (AvgIpc) is 2.83. The van der Waals surface area contributed by atoms with E-state index in [2.05, 4.69) is 10.2 Å². The number of hydrogen-bond donors (Lipinski definition) is 1. The highest BCUT2D eigenvalue weighted by Crippen LogP contribution is 2.33. The zero-order valence-electron chi connectivity index (χ0n) is 19.2. The molecule has 0 spiro atoms. The minimum Gasteiger partial charge on any atom is -0.351 e. The lowest BCUT2D eigenvalue weighted by Crippen LogP contribution is -2.60. The summed E-state index contributed by atoms with van der Waals surface area (Å²) in [5, 5.41) is 4.34. The van der Waals surface area contributed by atoms with Crippen LogP contribution in [0.25, 0.3) is 0 Å². The van der Waals surface area contributed by atoms with Crippen LogP contribution in [0.1, 0.15) is 29.2 Å². The van der Waals surface area contributed by atoms with Crippen LogP contribution in [0.4, 0.5) is 0 Å². The average molecular weight is 532 g/mol. The molecule has 1 heterocycles. The van der Waals surface area contributed by atoms with E-state index in [9.17, 15) is 13.2 Å². The summed E-state index contributed by atoms with van der Waals surface area (Å²) >= 11 is 12.2. The lowest BCUT2D eigenvalue weighted by Gasteiger charge is -2.45. The number of nitrogens with one attached hydrogen (secondary N) is 1. The molecule has 1 aliphatic heterocycles. The number of aryl methyl sites for hydroxylation is 1. The molecule has 0 unspecified atom stereocenters. The maximum Gasteiger partial charge on any atom is 0.221 e. The number of carbonyl (C=O) groups excluding carboxylic acids is 1. The Balaban J connectivity index is 1.29. The van der Waals surface area contributed by atoms with E-state index in [1.807, 2.05) is 78.9 Å². The first-order valence-electron chi connectivity index (χ1n) is 11.6. The number of rotatable bonds is 10. The summed E-state index contributed by atoms with van der Waals surface area (Å²) < 4.78 is 24.7.